The van der Waals surface area contributed by atoms with Crippen LogP contribution < -0.4 is 5.32 Å². The molecule has 154 valence electrons. The number of alkyl carbamates (subject to hydrolysis) is 1. The van der Waals surface area contributed by atoms with Crippen molar-refractivity contribution in [1.82, 2.24) is 15.1 Å². The van der Waals surface area contributed by atoms with Crippen molar-refractivity contribution in [2.24, 2.45) is 0 Å². The summed E-state index contributed by atoms with van der Waals surface area (Å²) in [5, 5.41) is 18.3. The van der Waals surface area contributed by atoms with E-state index in [0.29, 0.717) is 21.8 Å². The van der Waals surface area contributed by atoms with E-state index in [2.05, 4.69) is 10.4 Å². The number of amides is 2. The van der Waals surface area contributed by atoms with Gasteiger partial charge >= 0.3 is 6.09 Å². The third kappa shape index (κ3) is 3.19. The smallest absolute Gasteiger partial charge is 0.415 e. The van der Waals surface area contributed by atoms with Gasteiger partial charge < -0.3 is 9.84 Å². The van der Waals surface area contributed by atoms with Crippen LogP contribution in [0.5, 0.6) is 5.75 Å². The van der Waals surface area contributed by atoms with E-state index in [1.54, 1.807) is 59.4 Å². The molecule has 2 amide bonds. The molecule has 1 fully saturated rings. The third-order valence-corrected chi connectivity index (χ3v) is 5.59. The zero-order chi connectivity index (χ0) is 21.6. The Morgan fingerprint density at radius 2 is 1.87 bits per heavy atom. The maximum atomic E-state index is 12.9. The van der Waals surface area contributed by atoms with E-state index in [4.69, 9.17) is 16.3 Å². The average Bonchev–Trinajstić information content (AvgIpc) is 3.30. The Bertz CT molecular complexity index is 1340. The van der Waals surface area contributed by atoms with Crippen LogP contribution in [0.1, 0.15) is 11.1 Å². The fraction of sp³-hybridized carbons (Fsp3) is 0.0870. The highest BCUT2D eigenvalue weighted by Gasteiger charge is 2.50. The highest BCUT2D eigenvalue weighted by atomic mass is 35.5. The van der Waals surface area contributed by atoms with Crippen molar-refractivity contribution >= 4 is 34.5 Å². The van der Waals surface area contributed by atoms with Gasteiger partial charge in [-0.3, -0.25) is 10.1 Å². The maximum Gasteiger partial charge on any atom is 0.415 e. The van der Waals surface area contributed by atoms with E-state index in [9.17, 15) is 14.7 Å². The van der Waals surface area contributed by atoms with Crippen LogP contribution in [0, 0.1) is 0 Å². The number of carbonyl (C=O) groups excluding carboxylic acids is 2. The summed E-state index contributed by atoms with van der Waals surface area (Å²) >= 11 is 6.09. The molecule has 2 heterocycles. The van der Waals surface area contributed by atoms with E-state index in [-0.39, 0.29) is 12.2 Å². The average molecular weight is 434 g/mol. The summed E-state index contributed by atoms with van der Waals surface area (Å²) in [6, 6.07) is 19.0. The standard InChI is InChI=1S/C23H16ClN3O4/c24-17-7-9-19-15(10-17)13-25-27(19)20-11-18(28)8-6-14(20)12-23(16-4-2-1-3-5-16)21(29)26-22(30)31-23/h1-11,13,28H,12H2,(H,26,29,30). The fourth-order valence-corrected chi connectivity index (χ4v) is 4.08. The number of hydrogen-bond donors (Lipinski definition) is 2. The van der Waals surface area contributed by atoms with Crippen LogP contribution in [0.2, 0.25) is 5.02 Å². The zero-order valence-electron chi connectivity index (χ0n) is 16.1. The van der Waals surface area contributed by atoms with Gasteiger partial charge in [-0.25, -0.2) is 9.48 Å². The molecule has 1 atom stereocenters. The number of fused-ring (bicyclic) bond motifs is 1. The minimum atomic E-state index is -1.53. The van der Waals surface area contributed by atoms with Crippen molar-refractivity contribution in [1.29, 1.82) is 0 Å². The summed E-state index contributed by atoms with van der Waals surface area (Å²) in [7, 11) is 0. The number of imide groups is 1. The van der Waals surface area contributed by atoms with Gasteiger partial charge in [-0.2, -0.15) is 5.10 Å². The predicted molar refractivity (Wildman–Crippen MR) is 114 cm³/mol. The molecular weight excluding hydrogens is 418 g/mol. The molecule has 4 aromatic rings. The number of aromatic nitrogens is 2. The minimum absolute atomic E-state index is 0.0398. The second-order valence-electron chi connectivity index (χ2n) is 7.29. The molecule has 1 aliphatic rings. The number of cyclic esters (lactones) is 1. The van der Waals surface area contributed by atoms with Crippen LogP contribution >= 0.6 is 11.6 Å². The quantitative estimate of drug-likeness (QED) is 0.505. The highest BCUT2D eigenvalue weighted by Crippen LogP contribution is 2.37. The predicted octanol–water partition coefficient (Wildman–Crippen LogP) is 4.09. The molecule has 1 aliphatic heterocycles. The topological polar surface area (TPSA) is 93.5 Å². The molecule has 8 heteroatoms. The molecule has 31 heavy (non-hydrogen) atoms. The van der Waals surface area contributed by atoms with Crippen LogP contribution in [0.25, 0.3) is 16.6 Å². The molecule has 0 aliphatic carbocycles. The number of carbonyl (C=O) groups is 2. The molecule has 0 bridgehead atoms. The molecule has 1 saturated heterocycles. The lowest BCUT2D eigenvalue weighted by atomic mass is 9.86. The molecule has 1 unspecified atom stereocenters. The first-order valence-electron chi connectivity index (χ1n) is 9.52. The van der Waals surface area contributed by atoms with E-state index < -0.39 is 17.6 Å². The second-order valence-corrected chi connectivity index (χ2v) is 7.72. The van der Waals surface area contributed by atoms with Gasteiger partial charge in [0.15, 0.2) is 0 Å². The third-order valence-electron chi connectivity index (χ3n) is 5.36. The highest BCUT2D eigenvalue weighted by molar-refractivity contribution is 6.31. The first-order chi connectivity index (χ1) is 15.0. The summed E-state index contributed by atoms with van der Waals surface area (Å²) in [4.78, 5) is 24.9. The van der Waals surface area contributed by atoms with Crippen LogP contribution in [-0.2, 0) is 21.6 Å². The molecule has 0 radical (unpaired) electrons. The Morgan fingerprint density at radius 3 is 2.61 bits per heavy atom. The minimum Gasteiger partial charge on any atom is -0.508 e. The van der Waals surface area contributed by atoms with Gasteiger partial charge in [0, 0.05) is 28.5 Å². The monoisotopic (exact) mass is 433 g/mol. The largest absolute Gasteiger partial charge is 0.508 e. The van der Waals surface area contributed by atoms with E-state index >= 15 is 0 Å². The number of phenols is 1. The number of rotatable bonds is 4. The van der Waals surface area contributed by atoms with Gasteiger partial charge in [-0.1, -0.05) is 48.0 Å². The number of aromatic hydroxyl groups is 1. The number of phenolic OH excluding ortho intramolecular Hbond substituents is 1. The second kappa shape index (κ2) is 7.14. The Hall–Kier alpha value is -3.84. The number of nitrogens with zero attached hydrogens (tertiary/aromatic N) is 2. The van der Waals surface area contributed by atoms with Crippen LogP contribution in [0.15, 0.2) is 72.9 Å². The molecule has 7 nitrogen and oxygen atoms in total. The number of halogens is 1. The number of benzene rings is 3. The Labute approximate surface area is 181 Å². The zero-order valence-corrected chi connectivity index (χ0v) is 16.8. The normalized spacial score (nSPS) is 18.2. The number of nitrogens with one attached hydrogen (secondary N) is 1. The van der Waals surface area contributed by atoms with Crippen molar-refractivity contribution in [2.45, 2.75) is 12.0 Å². The molecule has 1 aromatic heterocycles. The van der Waals surface area contributed by atoms with E-state index in [1.807, 2.05) is 12.1 Å². The summed E-state index contributed by atoms with van der Waals surface area (Å²) < 4.78 is 7.21. The van der Waals surface area contributed by atoms with Crippen LogP contribution in [0.4, 0.5) is 4.79 Å². The van der Waals surface area contributed by atoms with Crippen molar-refractivity contribution in [3.8, 4) is 11.4 Å². The summed E-state index contributed by atoms with van der Waals surface area (Å²) in [6.07, 6.45) is 0.928. The Morgan fingerprint density at radius 1 is 1.06 bits per heavy atom. The lowest BCUT2D eigenvalue weighted by Crippen LogP contribution is -2.39. The summed E-state index contributed by atoms with van der Waals surface area (Å²) in [6.45, 7) is 0. The lowest BCUT2D eigenvalue weighted by molar-refractivity contribution is -0.132. The number of hydrogen-bond acceptors (Lipinski definition) is 5. The lowest BCUT2D eigenvalue weighted by Gasteiger charge is -2.26. The summed E-state index contributed by atoms with van der Waals surface area (Å²) in [5.41, 5.74) is 1.01. The van der Waals surface area contributed by atoms with Gasteiger partial charge in [-0.05, 0) is 29.8 Å². The Balaban J connectivity index is 1.67. The van der Waals surface area contributed by atoms with Crippen molar-refractivity contribution in [2.75, 3.05) is 0 Å². The molecule has 2 N–H and O–H groups in total. The van der Waals surface area contributed by atoms with Gasteiger partial charge in [0.1, 0.15) is 5.75 Å². The van der Waals surface area contributed by atoms with Crippen molar-refractivity contribution in [3.63, 3.8) is 0 Å². The Kier molecular flexibility index (Phi) is 4.41. The molecule has 3 aromatic carbocycles. The maximum absolute atomic E-state index is 12.9. The first kappa shape index (κ1) is 19.1. The van der Waals surface area contributed by atoms with Gasteiger partial charge in [0.2, 0.25) is 5.60 Å². The SMILES string of the molecule is O=C1NC(=O)C(Cc2ccc(O)cc2-n2ncc3cc(Cl)ccc32)(c2ccccc2)O1. The number of ether oxygens (including phenoxy) is 1. The van der Waals surface area contributed by atoms with Crippen molar-refractivity contribution in [3.05, 3.63) is 89.1 Å². The van der Waals surface area contributed by atoms with Crippen molar-refractivity contribution < 1.29 is 19.4 Å². The molecule has 0 saturated carbocycles. The van der Waals surface area contributed by atoms with Gasteiger partial charge in [0.05, 0.1) is 17.4 Å². The van der Waals surface area contributed by atoms with E-state index in [1.165, 1.54) is 6.07 Å². The van der Waals surface area contributed by atoms with Gasteiger partial charge in [0.25, 0.3) is 5.91 Å². The van der Waals surface area contributed by atoms with E-state index in [0.717, 1.165) is 10.9 Å². The first-order valence-corrected chi connectivity index (χ1v) is 9.89. The molecule has 0 spiro atoms. The van der Waals surface area contributed by atoms with Crippen LogP contribution in [-0.4, -0.2) is 26.9 Å². The van der Waals surface area contributed by atoms with Gasteiger partial charge in [-0.15, -0.1) is 0 Å². The fourth-order valence-electron chi connectivity index (χ4n) is 3.90. The van der Waals surface area contributed by atoms with Crippen LogP contribution in [0.3, 0.4) is 0 Å². The summed E-state index contributed by atoms with van der Waals surface area (Å²) in [5.74, 6) is -0.502. The molecule has 5 rings (SSSR count). The molecular formula is C23H16ClN3O4.